The van der Waals surface area contributed by atoms with E-state index in [-0.39, 0.29) is 22.6 Å². The lowest BCUT2D eigenvalue weighted by molar-refractivity contribution is -0.121. The molecule has 4 rings (SSSR count). The molecule has 0 atom stereocenters. The van der Waals surface area contributed by atoms with Crippen LogP contribution in [0.3, 0.4) is 0 Å². The van der Waals surface area contributed by atoms with Gasteiger partial charge in [-0.25, -0.2) is 4.98 Å². The lowest BCUT2D eigenvalue weighted by atomic mass is 10.2. The van der Waals surface area contributed by atoms with E-state index in [4.69, 9.17) is 9.15 Å². The first-order chi connectivity index (χ1) is 13.3. The Morgan fingerprint density at radius 1 is 1.29 bits per heavy atom. The quantitative estimate of drug-likeness (QED) is 0.545. The maximum Gasteiger partial charge on any atom is 0.293 e. The van der Waals surface area contributed by atoms with Crippen LogP contribution in [0.15, 0.2) is 44.1 Å². The smallest absolute Gasteiger partial charge is 0.293 e. The maximum atomic E-state index is 12.1. The third kappa shape index (κ3) is 3.27. The molecule has 0 bridgehead atoms. The molecule has 0 radical (unpaired) electrons. The molecular formula is C19H13BrN2O5S. The number of hydrogen-bond donors (Lipinski definition) is 1. The van der Waals surface area contributed by atoms with E-state index in [1.807, 2.05) is 0 Å². The fourth-order valence-corrected chi connectivity index (χ4v) is 3.94. The molecule has 1 aliphatic rings. The van der Waals surface area contributed by atoms with Crippen LogP contribution in [-0.4, -0.2) is 33.2 Å². The van der Waals surface area contributed by atoms with Crippen molar-refractivity contribution in [2.45, 2.75) is 6.92 Å². The number of carbonyl (C=O) groups is 2. The topological polar surface area (TPSA) is 92.9 Å². The Balaban J connectivity index is 1.74. The zero-order valence-corrected chi connectivity index (χ0v) is 17.1. The van der Waals surface area contributed by atoms with Crippen molar-refractivity contribution in [3.05, 3.63) is 51.2 Å². The van der Waals surface area contributed by atoms with Gasteiger partial charge in [0.05, 0.1) is 4.91 Å². The highest BCUT2D eigenvalue weighted by Crippen LogP contribution is 2.40. The summed E-state index contributed by atoms with van der Waals surface area (Å²) in [5.41, 5.74) is 1.69. The molecule has 1 aliphatic heterocycles. The first-order valence-electron chi connectivity index (χ1n) is 8.11. The predicted molar refractivity (Wildman–Crippen MR) is 108 cm³/mol. The number of phenolic OH excluding ortho intramolecular Hbond substituents is 1. The monoisotopic (exact) mass is 460 g/mol. The van der Waals surface area contributed by atoms with Crippen LogP contribution in [-0.2, 0) is 4.79 Å². The molecule has 0 unspecified atom stereocenters. The molecule has 0 aliphatic carbocycles. The van der Waals surface area contributed by atoms with Gasteiger partial charge >= 0.3 is 0 Å². The molecule has 7 nitrogen and oxygen atoms in total. The predicted octanol–water partition coefficient (Wildman–Crippen LogP) is 5.06. The first kappa shape index (κ1) is 18.6. The number of likely N-dealkylation sites (N-methyl/N-ethyl adjacent to an activating group) is 1. The lowest BCUT2D eigenvalue weighted by Gasteiger charge is -2.10. The summed E-state index contributed by atoms with van der Waals surface area (Å²) in [6.45, 7) is 1.74. The van der Waals surface area contributed by atoms with E-state index in [1.54, 1.807) is 37.3 Å². The number of aromatic hydroxyl groups is 1. The van der Waals surface area contributed by atoms with Gasteiger partial charge in [0.2, 0.25) is 0 Å². The van der Waals surface area contributed by atoms with Gasteiger partial charge in [0.15, 0.2) is 34.2 Å². The van der Waals surface area contributed by atoms with Gasteiger partial charge < -0.3 is 14.3 Å². The van der Waals surface area contributed by atoms with Crippen molar-refractivity contribution in [2.75, 3.05) is 7.05 Å². The Labute approximate surface area is 172 Å². The minimum absolute atomic E-state index is 0.0927. The summed E-state index contributed by atoms with van der Waals surface area (Å²) in [6, 6.07) is 8.29. The van der Waals surface area contributed by atoms with Crippen LogP contribution in [0.4, 0.5) is 4.79 Å². The average Bonchev–Trinajstić information content (AvgIpc) is 3.14. The van der Waals surface area contributed by atoms with Crippen molar-refractivity contribution in [3.63, 3.8) is 0 Å². The molecule has 3 aromatic rings. The Morgan fingerprint density at radius 2 is 2.07 bits per heavy atom. The summed E-state index contributed by atoms with van der Waals surface area (Å²) in [6.07, 6.45) is 1.58. The zero-order valence-electron chi connectivity index (χ0n) is 14.7. The number of ether oxygens (including phenoxy) is 1. The number of aromatic nitrogens is 1. The normalized spacial score (nSPS) is 15.8. The van der Waals surface area contributed by atoms with Gasteiger partial charge in [0.1, 0.15) is 0 Å². The molecule has 0 spiro atoms. The molecule has 2 heterocycles. The highest BCUT2D eigenvalue weighted by molar-refractivity contribution is 9.10. The molecule has 28 heavy (non-hydrogen) atoms. The van der Waals surface area contributed by atoms with Gasteiger partial charge in [-0.05, 0) is 47.7 Å². The summed E-state index contributed by atoms with van der Waals surface area (Å²) in [5, 5.41) is 9.96. The van der Waals surface area contributed by atoms with Gasteiger partial charge in [-0.15, -0.1) is 0 Å². The largest absolute Gasteiger partial charge is 0.504 e. The van der Waals surface area contributed by atoms with E-state index in [0.717, 1.165) is 16.7 Å². The number of hydrogen-bond acceptors (Lipinski definition) is 7. The Morgan fingerprint density at radius 3 is 2.79 bits per heavy atom. The van der Waals surface area contributed by atoms with Gasteiger partial charge in [0, 0.05) is 18.4 Å². The fraction of sp³-hybridized carbons (Fsp3) is 0.105. The molecular weight excluding hydrogens is 448 g/mol. The number of halogens is 1. The van der Waals surface area contributed by atoms with Gasteiger partial charge in [0.25, 0.3) is 11.1 Å². The highest BCUT2D eigenvalue weighted by atomic mass is 79.9. The van der Waals surface area contributed by atoms with Crippen molar-refractivity contribution in [3.8, 4) is 17.2 Å². The standard InChI is InChI=1S/C19H13BrN2O5S/c1-9-21-17-13(26-9)4-3-5-14(17)27-15-6-10(11(20)8-12(15)23)7-16-18(24)22(2)19(25)28-16/h3-8,23H,1-2H3/b16-7-. The van der Waals surface area contributed by atoms with E-state index >= 15 is 0 Å². The van der Waals surface area contributed by atoms with E-state index in [9.17, 15) is 14.7 Å². The van der Waals surface area contributed by atoms with Crippen LogP contribution in [0, 0.1) is 6.92 Å². The summed E-state index contributed by atoms with van der Waals surface area (Å²) in [7, 11) is 1.43. The van der Waals surface area contributed by atoms with Crippen molar-refractivity contribution in [1.82, 2.24) is 9.88 Å². The SMILES string of the molecule is Cc1nc2c(Oc3cc(/C=C4\SC(=O)N(C)C4=O)c(Br)cc3O)cccc2o1. The van der Waals surface area contributed by atoms with Crippen molar-refractivity contribution >= 4 is 56.0 Å². The van der Waals surface area contributed by atoms with Crippen molar-refractivity contribution in [1.29, 1.82) is 0 Å². The maximum absolute atomic E-state index is 12.1. The Bertz CT molecular complexity index is 1170. The third-order valence-electron chi connectivity index (χ3n) is 4.06. The van der Waals surface area contributed by atoms with E-state index < -0.39 is 0 Å². The average molecular weight is 461 g/mol. The lowest BCUT2D eigenvalue weighted by Crippen LogP contribution is -2.22. The number of fused-ring (bicyclic) bond motifs is 1. The minimum Gasteiger partial charge on any atom is -0.504 e. The van der Waals surface area contributed by atoms with Crippen molar-refractivity contribution in [2.24, 2.45) is 0 Å². The van der Waals surface area contributed by atoms with Crippen LogP contribution >= 0.6 is 27.7 Å². The molecule has 1 saturated heterocycles. The number of para-hydroxylation sites is 1. The van der Waals surface area contributed by atoms with Crippen LogP contribution < -0.4 is 4.74 Å². The molecule has 1 aromatic heterocycles. The Hall–Kier alpha value is -2.78. The number of imide groups is 1. The number of benzene rings is 2. The third-order valence-corrected chi connectivity index (χ3v) is 5.71. The number of thioether (sulfide) groups is 1. The highest BCUT2D eigenvalue weighted by Gasteiger charge is 2.32. The molecule has 142 valence electrons. The summed E-state index contributed by atoms with van der Waals surface area (Å²) >= 11 is 4.22. The zero-order chi connectivity index (χ0) is 20.0. The van der Waals surface area contributed by atoms with Gasteiger partial charge in [-0.1, -0.05) is 22.0 Å². The molecule has 0 saturated carbocycles. The summed E-state index contributed by atoms with van der Waals surface area (Å²) < 4.78 is 11.9. The number of oxazole rings is 1. The van der Waals surface area contributed by atoms with Gasteiger partial charge in [-0.2, -0.15) is 0 Å². The minimum atomic E-state index is -0.375. The molecule has 2 amide bonds. The molecule has 1 N–H and O–H groups in total. The van der Waals surface area contributed by atoms with E-state index in [0.29, 0.717) is 37.7 Å². The number of nitrogens with zero attached hydrogens (tertiary/aromatic N) is 2. The number of phenols is 1. The van der Waals surface area contributed by atoms with Crippen LogP contribution in [0.2, 0.25) is 0 Å². The molecule has 1 fully saturated rings. The van der Waals surface area contributed by atoms with Gasteiger partial charge in [-0.3, -0.25) is 14.5 Å². The second-order valence-corrected chi connectivity index (χ2v) is 7.87. The van der Waals surface area contributed by atoms with E-state index in [1.165, 1.54) is 13.1 Å². The van der Waals surface area contributed by atoms with Crippen molar-refractivity contribution < 1.29 is 23.8 Å². The number of amides is 2. The Kier molecular flexibility index (Phi) is 4.64. The number of carbonyl (C=O) groups excluding carboxylic acids is 2. The molecule has 9 heteroatoms. The van der Waals surface area contributed by atoms with Crippen LogP contribution in [0.5, 0.6) is 17.2 Å². The first-order valence-corrected chi connectivity index (χ1v) is 9.72. The summed E-state index contributed by atoms with van der Waals surface area (Å²) in [4.78, 5) is 29.5. The van der Waals surface area contributed by atoms with E-state index in [2.05, 4.69) is 20.9 Å². The van der Waals surface area contributed by atoms with Crippen LogP contribution in [0.1, 0.15) is 11.5 Å². The number of aryl methyl sites for hydroxylation is 1. The fourth-order valence-electron chi connectivity index (χ4n) is 2.67. The molecule has 2 aromatic carbocycles. The second kappa shape index (κ2) is 6.99. The second-order valence-electron chi connectivity index (χ2n) is 6.02. The van der Waals surface area contributed by atoms with Crippen LogP contribution in [0.25, 0.3) is 17.2 Å². The number of rotatable bonds is 3. The summed E-state index contributed by atoms with van der Waals surface area (Å²) in [5.74, 6) is 0.636.